The van der Waals surface area contributed by atoms with Crippen LogP contribution in [-0.4, -0.2) is 11.6 Å². The van der Waals surface area contributed by atoms with Crippen molar-refractivity contribution in [2.24, 2.45) is 22.5 Å². The Balaban J connectivity index is 2.56. The number of nitrogens with one attached hydrogen (secondary N) is 1. The zero-order valence-corrected chi connectivity index (χ0v) is 9.32. The summed E-state index contributed by atoms with van der Waals surface area (Å²) in [6.45, 7) is 1.88. The van der Waals surface area contributed by atoms with Gasteiger partial charge in [-0.3, -0.25) is 4.79 Å². The molecule has 0 unspecified atom stereocenters. The monoisotopic (exact) mass is 229 g/mol. The maximum absolute atomic E-state index is 11.9. The van der Waals surface area contributed by atoms with Gasteiger partial charge >= 0.3 is 0 Å². The minimum Gasteiger partial charge on any atom is -0.336 e. The lowest BCUT2D eigenvalue weighted by Crippen LogP contribution is -2.56. The molecule has 0 radical (unpaired) electrons. The molecule has 1 saturated carbocycles. The Morgan fingerprint density at radius 2 is 1.94 bits per heavy atom. The fourth-order valence-electron chi connectivity index (χ4n) is 3.09. The van der Waals surface area contributed by atoms with Crippen LogP contribution in [-0.2, 0) is 4.79 Å². The maximum atomic E-state index is 11.9. The molecule has 17 heavy (non-hydrogen) atoms. The molecule has 6 heteroatoms. The number of carbonyl (C=O) groups is 1. The molecule has 6 nitrogen and oxygen atoms in total. The molecule has 0 spiro atoms. The van der Waals surface area contributed by atoms with Gasteiger partial charge in [0.15, 0.2) is 10.8 Å². The largest absolute Gasteiger partial charge is 0.336 e. The molecule has 0 aromatic rings. The van der Waals surface area contributed by atoms with Crippen LogP contribution in [0.25, 0.3) is 0 Å². The van der Waals surface area contributed by atoms with Gasteiger partial charge in [0.05, 0.1) is 29.8 Å². The molecule has 1 heterocycles. The highest BCUT2D eigenvalue weighted by atomic mass is 16.2. The van der Waals surface area contributed by atoms with Crippen LogP contribution < -0.4 is 11.1 Å². The van der Waals surface area contributed by atoms with E-state index in [1.54, 1.807) is 0 Å². The molecule has 86 valence electrons. The van der Waals surface area contributed by atoms with Gasteiger partial charge in [0, 0.05) is 0 Å². The van der Waals surface area contributed by atoms with Gasteiger partial charge in [-0.15, -0.1) is 0 Å². The highest BCUT2D eigenvalue weighted by molar-refractivity contribution is 5.97. The van der Waals surface area contributed by atoms with Crippen molar-refractivity contribution < 1.29 is 4.79 Å². The van der Waals surface area contributed by atoms with E-state index in [2.05, 4.69) is 5.32 Å². The van der Waals surface area contributed by atoms with E-state index in [1.807, 2.05) is 25.1 Å². The summed E-state index contributed by atoms with van der Waals surface area (Å²) in [5, 5.41) is 30.0. The van der Waals surface area contributed by atoms with Gasteiger partial charge in [0.2, 0.25) is 5.91 Å². The Labute approximate surface area is 98.6 Å². The SMILES string of the molecule is CCC[C@]1(N)NC(=O)[C@]2(C#N)[C@@H]1C2(C#N)C#N. The van der Waals surface area contributed by atoms with E-state index >= 15 is 0 Å². The standard InChI is InChI=1S/C11H11N5O/c1-2-3-11(15)7-9(4-12,5-13)10(7,6-14)8(17)16-11/h7H,2-3,15H2,1H3,(H,16,17)/t7-,10-,11-/m0/s1. The zero-order valence-electron chi connectivity index (χ0n) is 9.32. The molecule has 1 aliphatic heterocycles. The molecule has 1 aliphatic carbocycles. The molecule has 3 N–H and O–H groups in total. The van der Waals surface area contributed by atoms with Gasteiger partial charge in [-0.25, -0.2) is 0 Å². The normalized spacial score (nSPS) is 40.4. The van der Waals surface area contributed by atoms with Gasteiger partial charge < -0.3 is 11.1 Å². The molecule has 0 aromatic heterocycles. The van der Waals surface area contributed by atoms with Crippen LogP contribution in [0.3, 0.4) is 0 Å². The Kier molecular flexibility index (Phi) is 1.99. The molecule has 3 atom stereocenters. The average molecular weight is 229 g/mol. The van der Waals surface area contributed by atoms with E-state index < -0.39 is 28.3 Å². The van der Waals surface area contributed by atoms with Crippen LogP contribution in [0.2, 0.25) is 0 Å². The summed E-state index contributed by atoms with van der Waals surface area (Å²) in [6, 6.07) is 5.46. The Bertz CT molecular complexity index is 507. The molecule has 0 bridgehead atoms. The van der Waals surface area contributed by atoms with Gasteiger partial charge in [-0.2, -0.15) is 15.8 Å². The first-order chi connectivity index (χ1) is 7.99. The number of piperidine rings is 1. The van der Waals surface area contributed by atoms with E-state index in [4.69, 9.17) is 21.5 Å². The summed E-state index contributed by atoms with van der Waals surface area (Å²) in [5.41, 5.74) is 1.76. The third-order valence-electron chi connectivity index (χ3n) is 3.82. The van der Waals surface area contributed by atoms with Crippen molar-refractivity contribution in [2.75, 3.05) is 0 Å². The first-order valence-electron chi connectivity index (χ1n) is 5.34. The number of nitrogens with zero attached hydrogens (tertiary/aromatic N) is 3. The Morgan fingerprint density at radius 3 is 2.29 bits per heavy atom. The van der Waals surface area contributed by atoms with Gasteiger partial charge in [-0.05, 0) is 6.42 Å². The third kappa shape index (κ3) is 0.895. The Hall–Kier alpha value is -2.10. The van der Waals surface area contributed by atoms with Gasteiger partial charge in [0.1, 0.15) is 0 Å². The van der Waals surface area contributed by atoms with Crippen LogP contribution in [0.5, 0.6) is 0 Å². The maximum Gasteiger partial charge on any atom is 0.245 e. The molecule has 1 saturated heterocycles. The minimum atomic E-state index is -1.59. The fourth-order valence-corrected chi connectivity index (χ4v) is 3.09. The van der Waals surface area contributed by atoms with E-state index in [1.165, 1.54) is 0 Å². The topological polar surface area (TPSA) is 126 Å². The quantitative estimate of drug-likeness (QED) is 0.674. The number of fused-ring (bicyclic) bond motifs is 1. The number of nitriles is 3. The zero-order chi connectivity index (χ0) is 12.9. The first-order valence-corrected chi connectivity index (χ1v) is 5.34. The molecule has 1 amide bonds. The number of hydrogen-bond donors (Lipinski definition) is 2. The van der Waals surface area contributed by atoms with Gasteiger partial charge in [-0.1, -0.05) is 13.3 Å². The Morgan fingerprint density at radius 1 is 1.35 bits per heavy atom. The van der Waals surface area contributed by atoms with Crippen molar-refractivity contribution in [3.63, 3.8) is 0 Å². The molecular formula is C11H11N5O. The van der Waals surface area contributed by atoms with Crippen molar-refractivity contribution >= 4 is 5.91 Å². The van der Waals surface area contributed by atoms with E-state index in [0.29, 0.717) is 12.8 Å². The van der Waals surface area contributed by atoms with Crippen molar-refractivity contribution in [3.8, 4) is 18.2 Å². The summed E-state index contributed by atoms with van der Waals surface area (Å²) >= 11 is 0. The van der Waals surface area contributed by atoms with E-state index in [9.17, 15) is 4.79 Å². The first kappa shape index (κ1) is 11.4. The second kappa shape index (κ2) is 2.97. The number of nitrogens with two attached hydrogens (primary N) is 1. The fraction of sp³-hybridized carbons (Fsp3) is 0.636. The van der Waals surface area contributed by atoms with Crippen LogP contribution in [0, 0.1) is 50.7 Å². The summed E-state index contributed by atoms with van der Waals surface area (Å²) < 4.78 is 0. The molecule has 2 rings (SSSR count). The summed E-state index contributed by atoms with van der Waals surface area (Å²) in [4.78, 5) is 11.9. The second-order valence-electron chi connectivity index (χ2n) is 4.63. The number of rotatable bonds is 2. The lowest BCUT2D eigenvalue weighted by Gasteiger charge is -2.27. The smallest absolute Gasteiger partial charge is 0.245 e. The lowest BCUT2D eigenvalue weighted by molar-refractivity contribution is -0.124. The summed E-state index contributed by atoms with van der Waals surface area (Å²) in [7, 11) is 0. The number of amides is 1. The summed E-state index contributed by atoms with van der Waals surface area (Å²) in [6.07, 6.45) is 1.14. The third-order valence-corrected chi connectivity index (χ3v) is 3.82. The predicted molar refractivity (Wildman–Crippen MR) is 55.2 cm³/mol. The average Bonchev–Trinajstić information content (AvgIpc) is 2.86. The molecule has 2 fully saturated rings. The lowest BCUT2D eigenvalue weighted by atomic mass is 9.92. The van der Waals surface area contributed by atoms with Crippen molar-refractivity contribution in [1.29, 1.82) is 15.8 Å². The van der Waals surface area contributed by atoms with E-state index in [-0.39, 0.29) is 0 Å². The molecular weight excluding hydrogens is 218 g/mol. The molecule has 2 aliphatic rings. The highest BCUT2D eigenvalue weighted by Gasteiger charge is 2.92. The predicted octanol–water partition coefficient (Wildman–Crippen LogP) is -0.255. The van der Waals surface area contributed by atoms with E-state index in [0.717, 1.165) is 0 Å². The van der Waals surface area contributed by atoms with Gasteiger partial charge in [0.25, 0.3) is 0 Å². The second-order valence-corrected chi connectivity index (χ2v) is 4.63. The summed E-state index contributed by atoms with van der Waals surface area (Å²) in [5.74, 6) is -1.33. The number of hydrogen-bond acceptors (Lipinski definition) is 5. The van der Waals surface area contributed by atoms with Crippen LogP contribution in [0.15, 0.2) is 0 Å². The highest BCUT2D eigenvalue weighted by Crippen LogP contribution is 2.74. The molecule has 0 aromatic carbocycles. The van der Waals surface area contributed by atoms with Crippen LogP contribution in [0.4, 0.5) is 0 Å². The van der Waals surface area contributed by atoms with Crippen molar-refractivity contribution in [1.82, 2.24) is 5.32 Å². The van der Waals surface area contributed by atoms with Crippen molar-refractivity contribution in [3.05, 3.63) is 0 Å². The van der Waals surface area contributed by atoms with Crippen LogP contribution in [0.1, 0.15) is 19.8 Å². The van der Waals surface area contributed by atoms with Crippen LogP contribution >= 0.6 is 0 Å². The minimum absolute atomic E-state index is 0.442. The number of carbonyl (C=O) groups excluding carboxylic acids is 1. The van der Waals surface area contributed by atoms with Crippen molar-refractivity contribution in [2.45, 2.75) is 25.4 Å².